The molecular weight excluding hydrogens is 354 g/mol. The van der Waals surface area contributed by atoms with Crippen LogP contribution in [0.25, 0.3) is 10.8 Å². The van der Waals surface area contributed by atoms with Crippen LogP contribution in [0.4, 0.5) is 5.69 Å². The Labute approximate surface area is 143 Å². The molecule has 4 heteroatoms. The standard InChI is InChI=1S/C19H16BrNO2/c1-13(19(22)21-16-9-5-8-15(20)12-16)23-18-11-4-7-14-6-2-3-10-17(14)18/h2-13H,1H3,(H,21,22). The summed E-state index contributed by atoms with van der Waals surface area (Å²) in [5.41, 5.74) is 0.734. The molecule has 0 aliphatic carbocycles. The van der Waals surface area contributed by atoms with Crippen LogP contribution >= 0.6 is 15.9 Å². The number of carbonyl (C=O) groups excluding carboxylic acids is 1. The Balaban J connectivity index is 1.75. The van der Waals surface area contributed by atoms with Gasteiger partial charge in [-0.3, -0.25) is 4.79 Å². The molecule has 3 nitrogen and oxygen atoms in total. The summed E-state index contributed by atoms with van der Waals surface area (Å²) in [7, 11) is 0. The van der Waals surface area contributed by atoms with Gasteiger partial charge in [-0.15, -0.1) is 0 Å². The Morgan fingerprint density at radius 3 is 2.61 bits per heavy atom. The van der Waals surface area contributed by atoms with Gasteiger partial charge in [0.05, 0.1) is 0 Å². The zero-order valence-corrected chi connectivity index (χ0v) is 14.2. The molecule has 0 aliphatic rings. The molecule has 0 fully saturated rings. The molecule has 0 spiro atoms. The SMILES string of the molecule is CC(Oc1cccc2ccccc12)C(=O)Nc1cccc(Br)c1. The monoisotopic (exact) mass is 369 g/mol. The third kappa shape index (κ3) is 3.71. The van der Waals surface area contributed by atoms with Crippen molar-refractivity contribution < 1.29 is 9.53 Å². The number of benzene rings is 3. The highest BCUT2D eigenvalue weighted by molar-refractivity contribution is 9.10. The molecular formula is C19H16BrNO2. The van der Waals surface area contributed by atoms with Crippen LogP contribution in [-0.2, 0) is 4.79 Å². The van der Waals surface area contributed by atoms with Gasteiger partial charge in [0.2, 0.25) is 0 Å². The number of rotatable bonds is 4. The number of carbonyl (C=O) groups is 1. The van der Waals surface area contributed by atoms with E-state index in [-0.39, 0.29) is 5.91 Å². The molecule has 1 amide bonds. The van der Waals surface area contributed by atoms with E-state index in [1.165, 1.54) is 0 Å². The summed E-state index contributed by atoms with van der Waals surface area (Å²) in [6.45, 7) is 1.75. The minimum atomic E-state index is -0.597. The number of hydrogen-bond donors (Lipinski definition) is 1. The summed E-state index contributed by atoms with van der Waals surface area (Å²) >= 11 is 3.39. The van der Waals surface area contributed by atoms with Crippen molar-refractivity contribution in [1.29, 1.82) is 0 Å². The third-order valence-electron chi connectivity index (χ3n) is 3.51. The second-order valence-electron chi connectivity index (χ2n) is 5.24. The third-order valence-corrected chi connectivity index (χ3v) is 4.01. The molecule has 0 radical (unpaired) electrons. The Morgan fingerprint density at radius 2 is 1.78 bits per heavy atom. The van der Waals surface area contributed by atoms with E-state index in [1.54, 1.807) is 6.92 Å². The summed E-state index contributed by atoms with van der Waals surface area (Å²) in [6.07, 6.45) is -0.597. The number of fused-ring (bicyclic) bond motifs is 1. The molecule has 1 N–H and O–H groups in total. The Bertz CT molecular complexity index is 842. The molecule has 0 aliphatic heterocycles. The molecule has 0 bridgehead atoms. The van der Waals surface area contributed by atoms with Crippen LogP contribution in [0, 0.1) is 0 Å². The minimum Gasteiger partial charge on any atom is -0.480 e. The number of halogens is 1. The zero-order valence-electron chi connectivity index (χ0n) is 12.6. The fourth-order valence-corrected chi connectivity index (χ4v) is 2.75. The van der Waals surface area contributed by atoms with Crippen LogP contribution in [-0.4, -0.2) is 12.0 Å². The fraction of sp³-hybridized carbons (Fsp3) is 0.105. The van der Waals surface area contributed by atoms with Crippen molar-refractivity contribution in [2.45, 2.75) is 13.0 Å². The molecule has 3 aromatic rings. The summed E-state index contributed by atoms with van der Waals surface area (Å²) in [6, 6.07) is 21.3. The lowest BCUT2D eigenvalue weighted by Crippen LogP contribution is -2.30. The van der Waals surface area contributed by atoms with E-state index < -0.39 is 6.10 Å². The highest BCUT2D eigenvalue weighted by Gasteiger charge is 2.16. The average Bonchev–Trinajstić information content (AvgIpc) is 2.55. The second-order valence-corrected chi connectivity index (χ2v) is 6.15. The van der Waals surface area contributed by atoms with Crippen LogP contribution in [0.3, 0.4) is 0 Å². The lowest BCUT2D eigenvalue weighted by atomic mass is 10.1. The number of amides is 1. The molecule has 0 heterocycles. The lowest BCUT2D eigenvalue weighted by molar-refractivity contribution is -0.122. The predicted molar refractivity (Wildman–Crippen MR) is 96.8 cm³/mol. The van der Waals surface area contributed by atoms with Gasteiger partial charge in [-0.2, -0.15) is 0 Å². The first-order chi connectivity index (χ1) is 11.1. The van der Waals surface area contributed by atoms with E-state index in [2.05, 4.69) is 21.2 Å². The van der Waals surface area contributed by atoms with Crippen molar-refractivity contribution in [1.82, 2.24) is 0 Å². The summed E-state index contributed by atoms with van der Waals surface area (Å²) in [5.74, 6) is 0.524. The maximum absolute atomic E-state index is 12.3. The maximum Gasteiger partial charge on any atom is 0.265 e. The van der Waals surface area contributed by atoms with Gasteiger partial charge >= 0.3 is 0 Å². The van der Waals surface area contributed by atoms with Crippen molar-refractivity contribution in [3.8, 4) is 5.75 Å². The minimum absolute atomic E-state index is 0.184. The van der Waals surface area contributed by atoms with Gasteiger partial charge in [-0.1, -0.05) is 58.4 Å². The van der Waals surface area contributed by atoms with Gasteiger partial charge in [0, 0.05) is 15.5 Å². The van der Waals surface area contributed by atoms with Gasteiger partial charge in [-0.25, -0.2) is 0 Å². The normalized spacial score (nSPS) is 11.9. The molecule has 23 heavy (non-hydrogen) atoms. The van der Waals surface area contributed by atoms with E-state index in [0.29, 0.717) is 5.75 Å². The molecule has 0 saturated heterocycles. The van der Waals surface area contributed by atoms with Crippen molar-refractivity contribution in [3.63, 3.8) is 0 Å². The highest BCUT2D eigenvalue weighted by atomic mass is 79.9. The molecule has 116 valence electrons. The predicted octanol–water partition coefficient (Wildman–Crippen LogP) is 5.01. The number of nitrogens with one attached hydrogen (secondary N) is 1. The number of hydrogen-bond acceptors (Lipinski definition) is 2. The van der Waals surface area contributed by atoms with Gasteiger partial charge in [0.15, 0.2) is 6.10 Å². The first kappa shape index (κ1) is 15.6. The van der Waals surface area contributed by atoms with E-state index in [0.717, 1.165) is 20.9 Å². The topological polar surface area (TPSA) is 38.3 Å². The summed E-state index contributed by atoms with van der Waals surface area (Å²) < 4.78 is 6.78. The van der Waals surface area contributed by atoms with E-state index in [1.807, 2.05) is 66.7 Å². The number of anilines is 1. The van der Waals surface area contributed by atoms with Crippen LogP contribution in [0.5, 0.6) is 5.75 Å². The first-order valence-corrected chi connectivity index (χ1v) is 8.13. The smallest absolute Gasteiger partial charge is 0.265 e. The molecule has 0 saturated carbocycles. The van der Waals surface area contributed by atoms with Gasteiger partial charge < -0.3 is 10.1 Å². The molecule has 1 unspecified atom stereocenters. The fourth-order valence-electron chi connectivity index (χ4n) is 2.35. The number of ether oxygens (including phenoxy) is 1. The second kappa shape index (κ2) is 6.84. The van der Waals surface area contributed by atoms with Gasteiger partial charge in [-0.05, 0) is 36.6 Å². The van der Waals surface area contributed by atoms with E-state index in [9.17, 15) is 4.79 Å². The maximum atomic E-state index is 12.3. The molecule has 3 rings (SSSR count). The van der Waals surface area contributed by atoms with E-state index in [4.69, 9.17) is 4.74 Å². The average molecular weight is 370 g/mol. The largest absolute Gasteiger partial charge is 0.480 e. The zero-order chi connectivity index (χ0) is 16.2. The Kier molecular flexibility index (Phi) is 4.63. The first-order valence-electron chi connectivity index (χ1n) is 7.34. The molecule has 1 atom stereocenters. The lowest BCUT2D eigenvalue weighted by Gasteiger charge is -2.16. The van der Waals surface area contributed by atoms with Crippen molar-refractivity contribution in [3.05, 3.63) is 71.2 Å². The van der Waals surface area contributed by atoms with Crippen molar-refractivity contribution in [2.24, 2.45) is 0 Å². The summed E-state index contributed by atoms with van der Waals surface area (Å²) in [5, 5.41) is 4.94. The van der Waals surface area contributed by atoms with Crippen LogP contribution in [0.1, 0.15) is 6.92 Å². The van der Waals surface area contributed by atoms with Crippen LogP contribution in [0.15, 0.2) is 71.2 Å². The summed E-state index contributed by atoms with van der Waals surface area (Å²) in [4.78, 5) is 12.3. The van der Waals surface area contributed by atoms with Gasteiger partial charge in [0.25, 0.3) is 5.91 Å². The Morgan fingerprint density at radius 1 is 1.04 bits per heavy atom. The van der Waals surface area contributed by atoms with E-state index >= 15 is 0 Å². The van der Waals surface area contributed by atoms with Gasteiger partial charge in [0.1, 0.15) is 5.75 Å². The van der Waals surface area contributed by atoms with Crippen LogP contribution in [0.2, 0.25) is 0 Å². The highest BCUT2D eigenvalue weighted by Crippen LogP contribution is 2.26. The quantitative estimate of drug-likeness (QED) is 0.701. The van der Waals surface area contributed by atoms with Crippen molar-refractivity contribution >= 4 is 38.3 Å². The molecule has 0 aromatic heterocycles. The van der Waals surface area contributed by atoms with Crippen LogP contribution < -0.4 is 10.1 Å². The van der Waals surface area contributed by atoms with Crippen molar-refractivity contribution in [2.75, 3.05) is 5.32 Å². The Hall–Kier alpha value is -2.33. The molecule has 3 aromatic carbocycles.